The average Bonchev–Trinajstić information content (AvgIpc) is 2.17. The summed E-state index contributed by atoms with van der Waals surface area (Å²) >= 11 is 0. The lowest BCUT2D eigenvalue weighted by atomic mass is 10.1. The van der Waals surface area contributed by atoms with E-state index in [1.54, 1.807) is 24.3 Å². The van der Waals surface area contributed by atoms with Crippen molar-refractivity contribution in [2.45, 2.75) is 12.6 Å². The molecule has 13 heavy (non-hydrogen) atoms. The number of primary amides is 1. The molecule has 0 aliphatic carbocycles. The molecule has 0 bridgehead atoms. The number of carbonyl (C=O) groups is 1. The molecule has 4 nitrogen and oxygen atoms in total. The van der Waals surface area contributed by atoms with Gasteiger partial charge >= 0.3 is 0 Å². The van der Waals surface area contributed by atoms with Crippen LogP contribution in [0.3, 0.4) is 0 Å². The topological polar surface area (TPSA) is 89.3 Å². The first-order valence-electron chi connectivity index (χ1n) is 3.89. The summed E-state index contributed by atoms with van der Waals surface area (Å²) in [6.45, 7) is -0.0217. The maximum atomic E-state index is 10.7. The Balaban J connectivity index is 2.85. The summed E-state index contributed by atoms with van der Waals surface area (Å²) in [6.07, 6.45) is 0. The van der Waals surface area contributed by atoms with Gasteiger partial charge in [0, 0.05) is 0 Å². The summed E-state index contributed by atoms with van der Waals surface area (Å²) in [7, 11) is 0. The molecule has 1 amide bonds. The molecular weight excluding hydrogens is 168 g/mol. The highest BCUT2D eigenvalue weighted by Gasteiger charge is 2.10. The SMILES string of the molecule is NC(=O)C(N)c1ccc(CO)cc1. The van der Waals surface area contributed by atoms with E-state index in [-0.39, 0.29) is 6.61 Å². The molecule has 0 saturated heterocycles. The molecule has 1 aromatic rings. The first kappa shape index (κ1) is 9.70. The Morgan fingerprint density at radius 1 is 1.38 bits per heavy atom. The third-order valence-electron chi connectivity index (χ3n) is 1.83. The highest BCUT2D eigenvalue weighted by atomic mass is 16.3. The molecule has 1 aromatic carbocycles. The molecule has 0 saturated carbocycles. The Morgan fingerprint density at radius 2 is 1.92 bits per heavy atom. The quantitative estimate of drug-likeness (QED) is 0.594. The van der Waals surface area contributed by atoms with Crippen molar-refractivity contribution in [3.8, 4) is 0 Å². The van der Waals surface area contributed by atoms with Crippen molar-refractivity contribution in [2.24, 2.45) is 11.5 Å². The monoisotopic (exact) mass is 180 g/mol. The van der Waals surface area contributed by atoms with Crippen LogP contribution in [0.4, 0.5) is 0 Å². The molecular formula is C9H12N2O2. The third kappa shape index (κ3) is 2.27. The van der Waals surface area contributed by atoms with E-state index in [1.165, 1.54) is 0 Å². The maximum absolute atomic E-state index is 10.7. The number of nitrogens with two attached hydrogens (primary N) is 2. The Bertz CT molecular complexity index is 295. The fourth-order valence-electron chi connectivity index (χ4n) is 0.995. The van der Waals surface area contributed by atoms with E-state index in [2.05, 4.69) is 0 Å². The number of hydrogen-bond donors (Lipinski definition) is 3. The van der Waals surface area contributed by atoms with Crippen LogP contribution < -0.4 is 11.5 Å². The third-order valence-corrected chi connectivity index (χ3v) is 1.83. The lowest BCUT2D eigenvalue weighted by molar-refractivity contribution is -0.119. The van der Waals surface area contributed by atoms with Gasteiger partial charge in [0.2, 0.25) is 5.91 Å². The molecule has 5 N–H and O–H groups in total. The molecule has 0 heterocycles. The van der Waals surface area contributed by atoms with Crippen LogP contribution in [0.2, 0.25) is 0 Å². The zero-order valence-electron chi connectivity index (χ0n) is 7.10. The minimum absolute atomic E-state index is 0.0217. The van der Waals surface area contributed by atoms with Crippen LogP contribution in [0.5, 0.6) is 0 Å². The predicted octanol–water partition coefficient (Wildman–Crippen LogP) is -0.336. The van der Waals surface area contributed by atoms with Gasteiger partial charge in [-0.05, 0) is 11.1 Å². The van der Waals surface area contributed by atoms with Gasteiger partial charge in [0.15, 0.2) is 0 Å². The summed E-state index contributed by atoms with van der Waals surface area (Å²) in [5.74, 6) is -0.559. The van der Waals surface area contributed by atoms with Crippen molar-refractivity contribution in [1.82, 2.24) is 0 Å². The Labute approximate surface area is 76.2 Å². The van der Waals surface area contributed by atoms with Crippen molar-refractivity contribution < 1.29 is 9.90 Å². The number of rotatable bonds is 3. The molecule has 1 rings (SSSR count). The minimum Gasteiger partial charge on any atom is -0.392 e. The number of hydrogen-bond acceptors (Lipinski definition) is 3. The molecule has 0 aromatic heterocycles. The largest absolute Gasteiger partial charge is 0.392 e. The van der Waals surface area contributed by atoms with E-state index in [0.717, 1.165) is 5.56 Å². The first-order chi connectivity index (χ1) is 6.15. The number of amides is 1. The van der Waals surface area contributed by atoms with E-state index in [4.69, 9.17) is 16.6 Å². The zero-order chi connectivity index (χ0) is 9.84. The molecule has 0 spiro atoms. The molecule has 1 unspecified atom stereocenters. The van der Waals surface area contributed by atoms with Gasteiger partial charge in [-0.25, -0.2) is 0 Å². The van der Waals surface area contributed by atoms with E-state index < -0.39 is 11.9 Å². The minimum atomic E-state index is -0.771. The van der Waals surface area contributed by atoms with E-state index >= 15 is 0 Å². The van der Waals surface area contributed by atoms with Crippen LogP contribution in [-0.4, -0.2) is 11.0 Å². The van der Waals surface area contributed by atoms with Gasteiger partial charge in [0.25, 0.3) is 0 Å². The molecule has 4 heteroatoms. The molecule has 0 aliphatic rings. The van der Waals surface area contributed by atoms with Gasteiger partial charge in [-0.1, -0.05) is 24.3 Å². The lowest BCUT2D eigenvalue weighted by Crippen LogP contribution is -2.28. The smallest absolute Gasteiger partial charge is 0.238 e. The summed E-state index contributed by atoms with van der Waals surface area (Å²) < 4.78 is 0. The second kappa shape index (κ2) is 4.02. The first-order valence-corrected chi connectivity index (χ1v) is 3.89. The van der Waals surface area contributed by atoms with Crippen molar-refractivity contribution in [2.75, 3.05) is 0 Å². The second-order valence-electron chi connectivity index (χ2n) is 2.78. The fraction of sp³-hybridized carbons (Fsp3) is 0.222. The van der Waals surface area contributed by atoms with Gasteiger partial charge in [-0.3, -0.25) is 4.79 Å². The Hall–Kier alpha value is -1.39. The van der Waals surface area contributed by atoms with Crippen LogP contribution in [-0.2, 0) is 11.4 Å². The molecule has 1 atom stereocenters. The van der Waals surface area contributed by atoms with Crippen LogP contribution in [0.1, 0.15) is 17.2 Å². The lowest BCUT2D eigenvalue weighted by Gasteiger charge is -2.07. The standard InChI is InChI=1S/C9H12N2O2/c10-8(9(11)13)7-3-1-6(5-12)2-4-7/h1-4,8,12H,5,10H2,(H2,11,13). The van der Waals surface area contributed by atoms with Gasteiger partial charge < -0.3 is 16.6 Å². The van der Waals surface area contributed by atoms with E-state index in [9.17, 15) is 4.79 Å². The summed E-state index contributed by atoms with van der Waals surface area (Å²) in [5, 5.41) is 8.75. The normalized spacial score (nSPS) is 12.5. The highest BCUT2D eigenvalue weighted by Crippen LogP contribution is 2.10. The number of aliphatic hydroxyl groups is 1. The average molecular weight is 180 g/mol. The van der Waals surface area contributed by atoms with Gasteiger partial charge in [0.1, 0.15) is 6.04 Å². The van der Waals surface area contributed by atoms with Gasteiger partial charge in [-0.15, -0.1) is 0 Å². The van der Waals surface area contributed by atoms with E-state index in [0.29, 0.717) is 5.56 Å². The zero-order valence-corrected chi connectivity index (χ0v) is 7.10. The second-order valence-corrected chi connectivity index (χ2v) is 2.78. The Morgan fingerprint density at radius 3 is 2.31 bits per heavy atom. The summed E-state index contributed by atoms with van der Waals surface area (Å²) in [5.41, 5.74) is 12.0. The van der Waals surface area contributed by atoms with Crippen molar-refractivity contribution >= 4 is 5.91 Å². The van der Waals surface area contributed by atoms with Crippen LogP contribution in [0, 0.1) is 0 Å². The number of aliphatic hydroxyl groups excluding tert-OH is 1. The number of benzene rings is 1. The van der Waals surface area contributed by atoms with Crippen LogP contribution in [0.25, 0.3) is 0 Å². The molecule has 0 aliphatic heterocycles. The van der Waals surface area contributed by atoms with E-state index in [1.807, 2.05) is 0 Å². The molecule has 0 radical (unpaired) electrons. The Kier molecular flexibility index (Phi) is 3.00. The van der Waals surface area contributed by atoms with Gasteiger partial charge in [-0.2, -0.15) is 0 Å². The van der Waals surface area contributed by atoms with Crippen LogP contribution >= 0.6 is 0 Å². The summed E-state index contributed by atoms with van der Waals surface area (Å²) in [6, 6.07) is 6.01. The molecule has 70 valence electrons. The summed E-state index contributed by atoms with van der Waals surface area (Å²) in [4.78, 5) is 10.7. The van der Waals surface area contributed by atoms with Gasteiger partial charge in [0.05, 0.1) is 6.61 Å². The number of carbonyl (C=O) groups excluding carboxylic acids is 1. The molecule has 0 fully saturated rings. The highest BCUT2D eigenvalue weighted by molar-refractivity contribution is 5.81. The predicted molar refractivity (Wildman–Crippen MR) is 48.5 cm³/mol. The van der Waals surface area contributed by atoms with Crippen molar-refractivity contribution in [3.63, 3.8) is 0 Å². The van der Waals surface area contributed by atoms with Crippen LogP contribution in [0.15, 0.2) is 24.3 Å². The van der Waals surface area contributed by atoms with Crippen molar-refractivity contribution in [3.05, 3.63) is 35.4 Å². The maximum Gasteiger partial charge on any atom is 0.238 e. The van der Waals surface area contributed by atoms with Crippen molar-refractivity contribution in [1.29, 1.82) is 0 Å². The fourth-order valence-corrected chi connectivity index (χ4v) is 0.995.